The highest BCUT2D eigenvalue weighted by Crippen LogP contribution is 2.33. The molecular weight excluding hydrogens is 416 g/mol. The quantitative estimate of drug-likeness (QED) is 0.583. The number of pyridine rings is 1. The van der Waals surface area contributed by atoms with Crippen molar-refractivity contribution in [2.45, 2.75) is 39.5 Å². The summed E-state index contributed by atoms with van der Waals surface area (Å²) in [5, 5.41) is 18.6. The Balaban J connectivity index is 0.000000646. The van der Waals surface area contributed by atoms with Crippen LogP contribution in [-0.4, -0.2) is 26.4 Å². The zero-order valence-electron chi connectivity index (χ0n) is 18.5. The normalized spacial score (nSPS) is 10.5. The maximum Gasteiger partial charge on any atom is 0.309 e. The average molecular weight is 443 g/mol. The van der Waals surface area contributed by atoms with E-state index in [1.54, 1.807) is 45.0 Å². The van der Waals surface area contributed by atoms with Crippen molar-refractivity contribution in [2.24, 2.45) is 7.05 Å². The average Bonchev–Trinajstić information content (AvgIpc) is 2.72. The third-order valence-electron chi connectivity index (χ3n) is 4.20. The molecule has 1 heterocycles. The van der Waals surface area contributed by atoms with Crippen LogP contribution in [-0.2, 0) is 24.9 Å². The Labute approximate surface area is 186 Å². The minimum atomic E-state index is -1.13. The van der Waals surface area contributed by atoms with Gasteiger partial charge in [0.25, 0.3) is 5.56 Å². The zero-order valence-corrected chi connectivity index (χ0v) is 18.5. The predicted molar refractivity (Wildman–Crippen MR) is 123 cm³/mol. The highest BCUT2D eigenvalue weighted by atomic mass is 19.1. The molecule has 0 fully saturated rings. The first-order valence-electron chi connectivity index (χ1n) is 9.67. The largest absolute Gasteiger partial charge is 0.481 e. The van der Waals surface area contributed by atoms with Gasteiger partial charge in [0.15, 0.2) is 0 Å². The van der Waals surface area contributed by atoms with Crippen molar-refractivity contribution in [1.29, 1.82) is 0 Å². The molecule has 0 bridgehead atoms. The van der Waals surface area contributed by atoms with Gasteiger partial charge in [-0.15, -0.1) is 12.8 Å². The molecule has 3 aromatic rings. The molecule has 0 saturated heterocycles. The molecule has 0 spiro atoms. The summed E-state index contributed by atoms with van der Waals surface area (Å²) in [5.74, 6) is -1.79. The number of aliphatic carboxylic acids is 1. The number of halogens is 2. The molecule has 1 aromatic heterocycles. The maximum absolute atomic E-state index is 14.6. The molecule has 0 aliphatic heterocycles. The van der Waals surface area contributed by atoms with Gasteiger partial charge in [-0.05, 0) is 43.9 Å². The fourth-order valence-electron chi connectivity index (χ4n) is 3.01. The number of aromatic nitrogens is 1. The lowest BCUT2D eigenvalue weighted by molar-refractivity contribution is -0.136. The second kappa shape index (κ2) is 11.2. The summed E-state index contributed by atoms with van der Waals surface area (Å²) < 4.78 is 28.6. The number of carboxylic acids is 1. The molecule has 0 amide bonds. The zero-order chi connectivity index (χ0) is 24.6. The summed E-state index contributed by atoms with van der Waals surface area (Å²) in [7, 11) is 1.46. The molecule has 3 rings (SSSR count). The molecule has 0 saturated carbocycles. The van der Waals surface area contributed by atoms with E-state index in [2.05, 4.69) is 12.8 Å². The smallest absolute Gasteiger partial charge is 0.309 e. The summed E-state index contributed by atoms with van der Waals surface area (Å²) >= 11 is 0. The van der Waals surface area contributed by atoms with Crippen LogP contribution in [0, 0.1) is 18.7 Å². The van der Waals surface area contributed by atoms with E-state index < -0.39 is 30.5 Å². The number of hydrogen-bond donors (Lipinski definition) is 2. The van der Waals surface area contributed by atoms with Gasteiger partial charge in [0.05, 0.1) is 12.0 Å². The number of benzene rings is 2. The van der Waals surface area contributed by atoms with E-state index in [4.69, 9.17) is 5.11 Å². The number of hydrogen-bond acceptors (Lipinski definition) is 3. The van der Waals surface area contributed by atoms with Crippen molar-refractivity contribution >= 4 is 16.7 Å². The first-order chi connectivity index (χ1) is 14.9. The van der Waals surface area contributed by atoms with Crippen LogP contribution in [0.1, 0.15) is 32.0 Å². The first-order valence-corrected chi connectivity index (χ1v) is 9.67. The molecule has 0 atom stereocenters. The van der Waals surface area contributed by atoms with E-state index >= 15 is 0 Å². The van der Waals surface area contributed by atoms with E-state index in [-0.39, 0.29) is 22.4 Å². The highest BCUT2D eigenvalue weighted by molar-refractivity contribution is 5.98. The van der Waals surface area contributed by atoms with Crippen LogP contribution in [0.15, 0.2) is 47.3 Å². The van der Waals surface area contributed by atoms with E-state index in [1.165, 1.54) is 23.7 Å². The Bertz CT molecular complexity index is 1170. The van der Waals surface area contributed by atoms with E-state index in [1.807, 2.05) is 0 Å². The number of aliphatic hydroxyl groups is 1. The van der Waals surface area contributed by atoms with E-state index in [0.29, 0.717) is 16.3 Å². The molecule has 0 aliphatic rings. The monoisotopic (exact) mass is 443 g/mol. The number of terminal acetylenes is 1. The third-order valence-corrected chi connectivity index (χ3v) is 4.20. The number of carbonyl (C=O) groups is 1. The fourth-order valence-corrected chi connectivity index (χ4v) is 3.01. The first kappa shape index (κ1) is 26.5. The van der Waals surface area contributed by atoms with Crippen LogP contribution in [0.4, 0.5) is 8.78 Å². The number of nitrogens with zero attached hydrogens (tertiary/aromatic N) is 1. The fraction of sp³-hybridized carbons (Fsp3) is 0.280. The highest BCUT2D eigenvalue weighted by Gasteiger charge is 2.20. The molecule has 2 N–H and O–H groups in total. The number of fused-ring (bicyclic) bond motifs is 1. The van der Waals surface area contributed by atoms with Crippen molar-refractivity contribution in [2.75, 3.05) is 0 Å². The van der Waals surface area contributed by atoms with Gasteiger partial charge in [-0.3, -0.25) is 9.59 Å². The van der Waals surface area contributed by atoms with Gasteiger partial charge in [-0.2, -0.15) is 0 Å². The van der Waals surface area contributed by atoms with Gasteiger partial charge in [0.2, 0.25) is 0 Å². The molecule has 7 heteroatoms. The van der Waals surface area contributed by atoms with Crippen molar-refractivity contribution in [3.8, 4) is 24.0 Å². The molecule has 170 valence electrons. The van der Waals surface area contributed by atoms with Crippen LogP contribution >= 0.6 is 0 Å². The van der Waals surface area contributed by atoms with E-state index in [9.17, 15) is 23.5 Å². The lowest BCUT2D eigenvalue weighted by Crippen LogP contribution is -2.23. The van der Waals surface area contributed by atoms with Crippen LogP contribution in [0.5, 0.6) is 0 Å². The second-order valence-electron chi connectivity index (χ2n) is 7.92. The summed E-state index contributed by atoms with van der Waals surface area (Å²) in [5.41, 5.74) is 0.0119. The minimum absolute atomic E-state index is 0.139. The summed E-state index contributed by atoms with van der Waals surface area (Å²) in [6, 6.07) is 10.6. The third kappa shape index (κ3) is 6.76. The Morgan fingerprint density at radius 2 is 1.62 bits per heavy atom. The van der Waals surface area contributed by atoms with E-state index in [0.717, 1.165) is 6.07 Å². The Hall–Kier alpha value is -3.50. The Morgan fingerprint density at radius 1 is 1.09 bits per heavy atom. The minimum Gasteiger partial charge on any atom is -0.481 e. The Morgan fingerprint density at radius 3 is 2.09 bits per heavy atom. The number of rotatable bonds is 4. The Kier molecular flexibility index (Phi) is 9.30. The topological polar surface area (TPSA) is 79.5 Å². The predicted octanol–water partition coefficient (Wildman–Crippen LogP) is 4.47. The van der Waals surface area contributed by atoms with Crippen LogP contribution in [0.25, 0.3) is 21.9 Å². The van der Waals surface area contributed by atoms with Crippen molar-refractivity contribution in [3.63, 3.8) is 0 Å². The molecule has 32 heavy (non-hydrogen) atoms. The lowest BCUT2D eigenvalue weighted by atomic mass is 9.94. The summed E-state index contributed by atoms with van der Waals surface area (Å²) in [6.07, 6.45) is 7.57. The van der Waals surface area contributed by atoms with Crippen LogP contribution < -0.4 is 5.56 Å². The van der Waals surface area contributed by atoms with Gasteiger partial charge in [0, 0.05) is 29.3 Å². The standard InChI is InChI=1S/C19H15F2NO3.C4H10O.C2H2/c1-22-16(9-17(23)24)18(12-4-2-3-5-13(12)19(22)25)14-7-6-11(10-20)8-15(14)21;1-4(2,3)5;1-2/h2-8H,9-10H2,1H3,(H,23,24);5H,1-3H3;1-2H. The molecule has 5 nitrogen and oxygen atoms in total. The molecule has 0 aliphatic carbocycles. The number of carboxylic acid groups (broad SMARTS) is 1. The molecule has 0 unspecified atom stereocenters. The van der Waals surface area contributed by atoms with Crippen molar-refractivity contribution in [3.05, 3.63) is 69.9 Å². The molecule has 2 aromatic carbocycles. The van der Waals surface area contributed by atoms with Gasteiger partial charge >= 0.3 is 5.97 Å². The summed E-state index contributed by atoms with van der Waals surface area (Å²) in [6.45, 7) is 4.43. The number of alkyl halides is 1. The van der Waals surface area contributed by atoms with Gasteiger partial charge in [-0.25, -0.2) is 8.78 Å². The van der Waals surface area contributed by atoms with Crippen LogP contribution in [0.3, 0.4) is 0 Å². The maximum atomic E-state index is 14.6. The molecular formula is C25H27F2NO4. The van der Waals surface area contributed by atoms with Crippen molar-refractivity contribution in [1.82, 2.24) is 4.57 Å². The summed E-state index contributed by atoms with van der Waals surface area (Å²) in [4.78, 5) is 23.8. The van der Waals surface area contributed by atoms with Gasteiger partial charge in [-0.1, -0.05) is 30.3 Å². The second-order valence-corrected chi connectivity index (χ2v) is 7.92. The molecule has 0 radical (unpaired) electrons. The van der Waals surface area contributed by atoms with Gasteiger partial charge < -0.3 is 14.8 Å². The lowest BCUT2D eigenvalue weighted by Gasteiger charge is -2.17. The van der Waals surface area contributed by atoms with Crippen molar-refractivity contribution < 1.29 is 23.8 Å². The van der Waals surface area contributed by atoms with Gasteiger partial charge in [0.1, 0.15) is 12.5 Å². The SMILES string of the molecule is C#C.CC(C)(C)O.Cn1c(CC(=O)O)c(-c2ccc(CF)cc2F)c2ccccc2c1=O. The van der Waals surface area contributed by atoms with Crippen LogP contribution in [0.2, 0.25) is 0 Å².